The van der Waals surface area contributed by atoms with E-state index in [2.05, 4.69) is 25.7 Å². The van der Waals surface area contributed by atoms with Gasteiger partial charge in [-0.15, -0.1) is 0 Å². The van der Waals surface area contributed by atoms with Crippen molar-refractivity contribution >= 4 is 17.6 Å². The van der Waals surface area contributed by atoms with E-state index in [1.54, 1.807) is 18.5 Å². The topological polar surface area (TPSA) is 102 Å². The van der Waals surface area contributed by atoms with Gasteiger partial charge in [-0.2, -0.15) is 9.78 Å². The Bertz CT molecular complexity index is 1010. The minimum atomic E-state index is -0.435. The van der Waals surface area contributed by atoms with Gasteiger partial charge in [0.2, 0.25) is 11.8 Å². The Morgan fingerprint density at radius 1 is 1.07 bits per heavy atom. The number of amides is 2. The number of benzene rings is 1. The Labute approximate surface area is 175 Å². The SMILES string of the molecule is CC(=O)NC(CC(=O)Nc1cc(C(C)(C)C)nn1-c1ncccn1)c1ccccc1. The van der Waals surface area contributed by atoms with Gasteiger partial charge in [-0.1, -0.05) is 51.1 Å². The molecule has 0 saturated heterocycles. The molecule has 0 fully saturated rings. The number of anilines is 1. The average molecular weight is 406 g/mol. The van der Waals surface area contributed by atoms with Gasteiger partial charge in [-0.25, -0.2) is 9.97 Å². The molecule has 2 aromatic heterocycles. The molecule has 8 nitrogen and oxygen atoms in total. The predicted octanol–water partition coefficient (Wildman–Crippen LogP) is 3.17. The van der Waals surface area contributed by atoms with Crippen LogP contribution < -0.4 is 10.6 Å². The Hall–Kier alpha value is -3.55. The Kier molecular flexibility index (Phi) is 6.25. The molecule has 3 rings (SSSR count). The van der Waals surface area contributed by atoms with Gasteiger partial charge in [0.25, 0.3) is 5.95 Å². The molecule has 0 spiro atoms. The summed E-state index contributed by atoms with van der Waals surface area (Å²) in [6, 6.07) is 12.5. The third-order valence-corrected chi connectivity index (χ3v) is 4.46. The van der Waals surface area contributed by atoms with Gasteiger partial charge in [-0.05, 0) is 11.6 Å². The van der Waals surface area contributed by atoms with Crippen LogP contribution in [0.5, 0.6) is 0 Å². The average Bonchev–Trinajstić information content (AvgIpc) is 3.12. The van der Waals surface area contributed by atoms with E-state index >= 15 is 0 Å². The number of hydrogen-bond acceptors (Lipinski definition) is 5. The van der Waals surface area contributed by atoms with Crippen molar-refractivity contribution in [2.24, 2.45) is 0 Å². The summed E-state index contributed by atoms with van der Waals surface area (Å²) in [7, 11) is 0. The van der Waals surface area contributed by atoms with E-state index in [9.17, 15) is 9.59 Å². The molecular weight excluding hydrogens is 380 g/mol. The molecule has 0 aliphatic carbocycles. The van der Waals surface area contributed by atoms with E-state index in [-0.39, 0.29) is 23.7 Å². The Morgan fingerprint density at radius 3 is 2.33 bits per heavy atom. The van der Waals surface area contributed by atoms with Crippen LogP contribution >= 0.6 is 0 Å². The summed E-state index contributed by atoms with van der Waals surface area (Å²) in [6.45, 7) is 7.56. The largest absolute Gasteiger partial charge is 0.349 e. The zero-order valence-corrected chi connectivity index (χ0v) is 17.6. The maximum Gasteiger partial charge on any atom is 0.252 e. The fourth-order valence-corrected chi connectivity index (χ4v) is 2.95. The van der Waals surface area contributed by atoms with Crippen molar-refractivity contribution in [1.29, 1.82) is 0 Å². The number of aromatic nitrogens is 4. The zero-order chi connectivity index (χ0) is 21.7. The van der Waals surface area contributed by atoms with Crippen LogP contribution in [0.2, 0.25) is 0 Å². The maximum atomic E-state index is 12.9. The highest BCUT2D eigenvalue weighted by atomic mass is 16.2. The summed E-state index contributed by atoms with van der Waals surface area (Å²) >= 11 is 0. The van der Waals surface area contributed by atoms with Crippen LogP contribution in [0, 0.1) is 0 Å². The van der Waals surface area contributed by atoms with Crippen molar-refractivity contribution in [2.75, 3.05) is 5.32 Å². The molecule has 0 radical (unpaired) electrons. The minimum Gasteiger partial charge on any atom is -0.349 e. The third-order valence-electron chi connectivity index (χ3n) is 4.46. The second kappa shape index (κ2) is 8.86. The lowest BCUT2D eigenvalue weighted by atomic mass is 9.92. The van der Waals surface area contributed by atoms with Gasteiger partial charge in [0, 0.05) is 30.8 Å². The van der Waals surface area contributed by atoms with E-state index in [0.717, 1.165) is 11.3 Å². The molecule has 0 saturated carbocycles. The lowest BCUT2D eigenvalue weighted by molar-refractivity contribution is -0.120. The first kappa shape index (κ1) is 21.2. The molecule has 156 valence electrons. The summed E-state index contributed by atoms with van der Waals surface area (Å²) in [4.78, 5) is 33.0. The van der Waals surface area contributed by atoms with Crippen molar-refractivity contribution in [3.05, 3.63) is 66.1 Å². The molecule has 3 aromatic rings. The van der Waals surface area contributed by atoms with Crippen molar-refractivity contribution in [2.45, 2.75) is 45.6 Å². The lowest BCUT2D eigenvalue weighted by Gasteiger charge is -2.18. The molecule has 1 aromatic carbocycles. The van der Waals surface area contributed by atoms with Crippen LogP contribution in [0.15, 0.2) is 54.9 Å². The summed E-state index contributed by atoms with van der Waals surface area (Å²) in [5, 5.41) is 10.3. The second-order valence-corrected chi connectivity index (χ2v) is 8.04. The molecular formula is C22H26N6O2. The zero-order valence-electron chi connectivity index (χ0n) is 17.6. The lowest BCUT2D eigenvalue weighted by Crippen LogP contribution is -2.30. The third kappa shape index (κ3) is 5.28. The molecule has 2 heterocycles. The standard InChI is InChI=1S/C22H26N6O2/c1-15(29)25-17(16-9-6-5-7-10-16)13-20(30)26-19-14-18(22(2,3)4)27-28(19)21-23-11-8-12-24-21/h5-12,14,17H,13H2,1-4H3,(H,25,29)(H,26,30). The molecule has 30 heavy (non-hydrogen) atoms. The van der Waals surface area contributed by atoms with Crippen LogP contribution in [0.1, 0.15) is 51.4 Å². The van der Waals surface area contributed by atoms with Gasteiger partial charge in [0.15, 0.2) is 0 Å². The maximum absolute atomic E-state index is 12.9. The quantitative estimate of drug-likeness (QED) is 0.655. The van der Waals surface area contributed by atoms with E-state index < -0.39 is 6.04 Å². The Morgan fingerprint density at radius 2 is 1.73 bits per heavy atom. The fraction of sp³-hybridized carbons (Fsp3) is 0.318. The number of carbonyl (C=O) groups excluding carboxylic acids is 2. The number of rotatable bonds is 6. The van der Waals surface area contributed by atoms with Gasteiger partial charge < -0.3 is 10.6 Å². The molecule has 0 bridgehead atoms. The summed E-state index contributed by atoms with van der Waals surface area (Å²) in [6.07, 6.45) is 3.32. The number of nitrogens with one attached hydrogen (secondary N) is 2. The first-order valence-electron chi connectivity index (χ1n) is 9.74. The van der Waals surface area contributed by atoms with E-state index in [0.29, 0.717) is 11.8 Å². The number of nitrogens with zero attached hydrogens (tertiary/aromatic N) is 4. The molecule has 0 aliphatic rings. The van der Waals surface area contributed by atoms with Gasteiger partial charge >= 0.3 is 0 Å². The number of hydrogen-bond donors (Lipinski definition) is 2. The van der Waals surface area contributed by atoms with E-state index in [1.807, 2.05) is 57.2 Å². The fourth-order valence-electron chi connectivity index (χ4n) is 2.95. The van der Waals surface area contributed by atoms with Crippen molar-refractivity contribution in [1.82, 2.24) is 25.1 Å². The van der Waals surface area contributed by atoms with Crippen LogP contribution in [0.4, 0.5) is 5.82 Å². The van der Waals surface area contributed by atoms with Crippen LogP contribution in [-0.2, 0) is 15.0 Å². The predicted molar refractivity (Wildman–Crippen MR) is 114 cm³/mol. The van der Waals surface area contributed by atoms with Crippen LogP contribution in [0.3, 0.4) is 0 Å². The minimum absolute atomic E-state index is 0.0786. The molecule has 0 aliphatic heterocycles. The van der Waals surface area contributed by atoms with Crippen LogP contribution in [0.25, 0.3) is 5.95 Å². The van der Waals surface area contributed by atoms with Gasteiger partial charge in [-0.3, -0.25) is 9.59 Å². The van der Waals surface area contributed by atoms with E-state index in [4.69, 9.17) is 0 Å². The highest BCUT2D eigenvalue weighted by Crippen LogP contribution is 2.26. The van der Waals surface area contributed by atoms with Crippen molar-refractivity contribution in [3.8, 4) is 5.95 Å². The second-order valence-electron chi connectivity index (χ2n) is 8.04. The first-order valence-corrected chi connectivity index (χ1v) is 9.74. The summed E-state index contributed by atoms with van der Waals surface area (Å²) < 4.78 is 1.52. The smallest absolute Gasteiger partial charge is 0.252 e. The van der Waals surface area contributed by atoms with Gasteiger partial charge in [0.05, 0.1) is 18.2 Å². The highest BCUT2D eigenvalue weighted by Gasteiger charge is 2.23. The summed E-state index contributed by atoms with van der Waals surface area (Å²) in [5.74, 6) is 0.389. The number of carbonyl (C=O) groups is 2. The van der Waals surface area contributed by atoms with Gasteiger partial charge in [0.1, 0.15) is 5.82 Å². The molecule has 8 heteroatoms. The normalized spacial score (nSPS) is 12.3. The Balaban J connectivity index is 1.86. The highest BCUT2D eigenvalue weighted by molar-refractivity contribution is 5.91. The monoisotopic (exact) mass is 406 g/mol. The van der Waals surface area contributed by atoms with E-state index in [1.165, 1.54) is 11.6 Å². The molecule has 1 unspecified atom stereocenters. The molecule has 1 atom stereocenters. The first-order chi connectivity index (χ1) is 14.2. The van der Waals surface area contributed by atoms with Crippen LogP contribution in [-0.4, -0.2) is 31.6 Å². The summed E-state index contributed by atoms with van der Waals surface area (Å²) in [5.41, 5.74) is 1.44. The van der Waals surface area contributed by atoms with Crippen molar-refractivity contribution < 1.29 is 9.59 Å². The molecule has 2 N–H and O–H groups in total. The van der Waals surface area contributed by atoms with Crippen molar-refractivity contribution in [3.63, 3.8) is 0 Å². The molecule has 2 amide bonds.